The minimum absolute atomic E-state index is 0.271. The van der Waals surface area contributed by atoms with E-state index in [1.165, 1.54) is 26.0 Å². The second kappa shape index (κ2) is 8.14. The van der Waals surface area contributed by atoms with E-state index in [-0.39, 0.29) is 6.42 Å². The van der Waals surface area contributed by atoms with E-state index in [1.807, 2.05) is 0 Å². The largest absolute Gasteiger partial charge is 0.469 e. The van der Waals surface area contributed by atoms with Crippen molar-refractivity contribution in [1.29, 1.82) is 0 Å². The number of hydrogen-bond acceptors (Lipinski definition) is 6. The van der Waals surface area contributed by atoms with Crippen LogP contribution in [0.3, 0.4) is 0 Å². The second-order valence-electron chi connectivity index (χ2n) is 4.63. The molecule has 1 aromatic carbocycles. The lowest BCUT2D eigenvalue weighted by molar-refractivity contribution is -0.143. The molecular formula is C15H20N2O5. The lowest BCUT2D eigenvalue weighted by Crippen LogP contribution is -2.51. The van der Waals surface area contributed by atoms with Crippen LogP contribution in [0.5, 0.6) is 0 Å². The van der Waals surface area contributed by atoms with Crippen molar-refractivity contribution in [1.82, 2.24) is 0 Å². The number of benzene rings is 1. The maximum absolute atomic E-state index is 12.5. The molecule has 0 saturated heterocycles. The molecule has 22 heavy (non-hydrogen) atoms. The van der Waals surface area contributed by atoms with Gasteiger partial charge in [-0.1, -0.05) is 18.2 Å². The Morgan fingerprint density at radius 3 is 2.23 bits per heavy atom. The maximum Gasteiger partial charge on any atom is 0.328 e. The van der Waals surface area contributed by atoms with E-state index in [9.17, 15) is 14.4 Å². The fourth-order valence-electron chi connectivity index (χ4n) is 1.94. The van der Waals surface area contributed by atoms with Crippen LogP contribution in [0, 0.1) is 0 Å². The Morgan fingerprint density at radius 2 is 1.73 bits per heavy atom. The van der Waals surface area contributed by atoms with Gasteiger partial charge in [0.15, 0.2) is 0 Å². The first-order valence-electron chi connectivity index (χ1n) is 6.70. The number of carbonyl (C=O) groups is 3. The molecule has 1 amide bonds. The summed E-state index contributed by atoms with van der Waals surface area (Å²) >= 11 is 0. The first-order chi connectivity index (χ1) is 10.4. The van der Waals surface area contributed by atoms with Gasteiger partial charge in [-0.05, 0) is 19.1 Å². The standard InChI is InChI=1S/C15H20N2O5/c1-10(15(20)22-3)17(11-7-5-4-6-8-11)14(19)12(16)9-13(18)21-2/h4-8,10,12H,9,16H2,1-3H3/t10-,12-/m0/s1. The maximum atomic E-state index is 12.5. The first kappa shape index (κ1) is 17.6. The number of amides is 1. The Morgan fingerprint density at radius 1 is 1.14 bits per heavy atom. The Balaban J connectivity index is 3.07. The van der Waals surface area contributed by atoms with Gasteiger partial charge in [-0.15, -0.1) is 0 Å². The van der Waals surface area contributed by atoms with Crippen molar-refractivity contribution in [3.05, 3.63) is 30.3 Å². The van der Waals surface area contributed by atoms with Gasteiger partial charge >= 0.3 is 11.9 Å². The molecule has 0 aliphatic rings. The van der Waals surface area contributed by atoms with E-state index in [0.717, 1.165) is 0 Å². The molecule has 2 N–H and O–H groups in total. The van der Waals surface area contributed by atoms with Crippen LogP contribution in [-0.2, 0) is 23.9 Å². The summed E-state index contributed by atoms with van der Waals surface area (Å²) in [6.07, 6.45) is -0.271. The van der Waals surface area contributed by atoms with Crippen LogP contribution < -0.4 is 10.6 Å². The summed E-state index contributed by atoms with van der Waals surface area (Å²) in [5, 5.41) is 0. The number of anilines is 1. The van der Waals surface area contributed by atoms with E-state index < -0.39 is 29.9 Å². The number of esters is 2. The van der Waals surface area contributed by atoms with E-state index >= 15 is 0 Å². The van der Waals surface area contributed by atoms with Gasteiger partial charge in [0.1, 0.15) is 6.04 Å². The zero-order chi connectivity index (χ0) is 16.7. The van der Waals surface area contributed by atoms with Crippen molar-refractivity contribution in [2.75, 3.05) is 19.1 Å². The van der Waals surface area contributed by atoms with Gasteiger partial charge in [-0.2, -0.15) is 0 Å². The third-order valence-electron chi connectivity index (χ3n) is 3.13. The molecule has 0 bridgehead atoms. The average Bonchev–Trinajstić information content (AvgIpc) is 2.54. The number of para-hydroxylation sites is 1. The zero-order valence-corrected chi connectivity index (χ0v) is 12.8. The number of hydrogen-bond donors (Lipinski definition) is 1. The van der Waals surface area contributed by atoms with E-state index in [0.29, 0.717) is 5.69 Å². The summed E-state index contributed by atoms with van der Waals surface area (Å²) in [5.41, 5.74) is 6.26. The molecule has 0 fully saturated rings. The lowest BCUT2D eigenvalue weighted by atomic mass is 10.1. The molecule has 1 rings (SSSR count). The second-order valence-corrected chi connectivity index (χ2v) is 4.63. The highest BCUT2D eigenvalue weighted by molar-refractivity contribution is 6.03. The normalized spacial score (nSPS) is 12.9. The Bertz CT molecular complexity index is 532. The minimum atomic E-state index is -1.11. The van der Waals surface area contributed by atoms with Crippen molar-refractivity contribution < 1.29 is 23.9 Å². The highest BCUT2D eigenvalue weighted by Crippen LogP contribution is 2.19. The molecule has 1 aromatic rings. The van der Waals surface area contributed by atoms with Crippen molar-refractivity contribution >= 4 is 23.5 Å². The van der Waals surface area contributed by atoms with Crippen LogP contribution in [-0.4, -0.2) is 44.1 Å². The Kier molecular flexibility index (Phi) is 6.52. The van der Waals surface area contributed by atoms with Crippen LogP contribution in [0.25, 0.3) is 0 Å². The summed E-state index contributed by atoms with van der Waals surface area (Å²) in [6.45, 7) is 1.53. The number of nitrogens with two attached hydrogens (primary N) is 1. The zero-order valence-electron chi connectivity index (χ0n) is 12.8. The van der Waals surface area contributed by atoms with Crippen molar-refractivity contribution in [2.45, 2.75) is 25.4 Å². The van der Waals surface area contributed by atoms with Crippen LogP contribution in [0.2, 0.25) is 0 Å². The monoisotopic (exact) mass is 308 g/mol. The van der Waals surface area contributed by atoms with Gasteiger partial charge < -0.3 is 15.2 Å². The van der Waals surface area contributed by atoms with Gasteiger partial charge in [-0.3, -0.25) is 14.5 Å². The summed E-state index contributed by atoms with van der Waals surface area (Å²) in [7, 11) is 2.45. The predicted molar refractivity (Wildman–Crippen MR) is 80.0 cm³/mol. The molecule has 0 radical (unpaired) electrons. The predicted octanol–water partition coefficient (Wildman–Crippen LogP) is 0.472. The van der Waals surface area contributed by atoms with Crippen molar-refractivity contribution in [3.63, 3.8) is 0 Å². The molecule has 0 heterocycles. The van der Waals surface area contributed by atoms with Gasteiger partial charge in [0.05, 0.1) is 26.7 Å². The van der Waals surface area contributed by atoms with Crippen LogP contribution >= 0.6 is 0 Å². The van der Waals surface area contributed by atoms with Gasteiger partial charge in [-0.25, -0.2) is 4.79 Å². The minimum Gasteiger partial charge on any atom is -0.469 e. The quantitative estimate of drug-likeness (QED) is 0.767. The molecule has 7 heteroatoms. The summed E-state index contributed by atoms with van der Waals surface area (Å²) in [5.74, 6) is -1.74. The fraction of sp³-hybridized carbons (Fsp3) is 0.400. The molecule has 0 aromatic heterocycles. The van der Waals surface area contributed by atoms with E-state index in [4.69, 9.17) is 5.73 Å². The highest BCUT2D eigenvalue weighted by atomic mass is 16.5. The van der Waals surface area contributed by atoms with Gasteiger partial charge in [0, 0.05) is 5.69 Å². The van der Waals surface area contributed by atoms with Crippen LogP contribution in [0.1, 0.15) is 13.3 Å². The summed E-state index contributed by atoms with van der Waals surface area (Å²) < 4.78 is 9.19. The smallest absolute Gasteiger partial charge is 0.328 e. The average molecular weight is 308 g/mol. The number of carbonyl (C=O) groups excluding carboxylic acids is 3. The van der Waals surface area contributed by atoms with E-state index in [1.54, 1.807) is 30.3 Å². The summed E-state index contributed by atoms with van der Waals surface area (Å²) in [4.78, 5) is 36.8. The molecule has 0 aliphatic carbocycles. The number of ether oxygens (including phenoxy) is 2. The molecule has 120 valence electrons. The lowest BCUT2D eigenvalue weighted by Gasteiger charge is -2.29. The Hall–Kier alpha value is -2.41. The highest BCUT2D eigenvalue weighted by Gasteiger charge is 2.32. The molecule has 0 aliphatic heterocycles. The third kappa shape index (κ3) is 4.29. The number of rotatable bonds is 6. The van der Waals surface area contributed by atoms with Crippen molar-refractivity contribution in [2.24, 2.45) is 5.73 Å². The Labute approximate surface area is 129 Å². The number of methoxy groups -OCH3 is 2. The molecular weight excluding hydrogens is 288 g/mol. The SMILES string of the molecule is COC(=O)C[C@H](N)C(=O)N(c1ccccc1)[C@@H](C)C(=O)OC. The molecule has 7 nitrogen and oxygen atoms in total. The van der Waals surface area contributed by atoms with Crippen LogP contribution in [0.15, 0.2) is 30.3 Å². The van der Waals surface area contributed by atoms with Gasteiger partial charge in [0.25, 0.3) is 0 Å². The first-order valence-corrected chi connectivity index (χ1v) is 6.70. The van der Waals surface area contributed by atoms with Crippen LogP contribution in [0.4, 0.5) is 5.69 Å². The van der Waals surface area contributed by atoms with Gasteiger partial charge in [0.2, 0.25) is 5.91 Å². The third-order valence-corrected chi connectivity index (χ3v) is 3.13. The van der Waals surface area contributed by atoms with Crippen molar-refractivity contribution in [3.8, 4) is 0 Å². The molecule has 0 saturated carbocycles. The topological polar surface area (TPSA) is 98.9 Å². The number of nitrogens with zero attached hydrogens (tertiary/aromatic N) is 1. The van der Waals surface area contributed by atoms with E-state index in [2.05, 4.69) is 9.47 Å². The molecule has 0 spiro atoms. The fourth-order valence-corrected chi connectivity index (χ4v) is 1.94. The molecule has 0 unspecified atom stereocenters. The summed E-state index contributed by atoms with van der Waals surface area (Å²) in [6, 6.07) is 6.59. The molecule has 2 atom stereocenters.